The minimum atomic E-state index is -0.575. The van der Waals surface area contributed by atoms with Gasteiger partial charge in [0.2, 0.25) is 0 Å². The Balaban J connectivity index is 1.93. The molecule has 0 bridgehead atoms. The molecule has 0 radical (unpaired) electrons. The number of benzene rings is 2. The zero-order valence-electron chi connectivity index (χ0n) is 14.9. The number of nitrogens with one attached hydrogen (secondary N) is 2. The summed E-state index contributed by atoms with van der Waals surface area (Å²) in [4.78, 5) is 4.51. The average molecular weight is 361 g/mol. The first-order valence-electron chi connectivity index (χ1n) is 8.75. The van der Waals surface area contributed by atoms with Crippen molar-refractivity contribution in [1.29, 1.82) is 0 Å². The zero-order chi connectivity index (χ0) is 18.8. The van der Waals surface area contributed by atoms with Gasteiger partial charge in [0, 0.05) is 25.1 Å². The first kappa shape index (κ1) is 19.8. The predicted molar refractivity (Wildman–Crippen MR) is 100 cm³/mol. The number of aliphatic hydroxyl groups excluding tert-OH is 1. The van der Waals surface area contributed by atoms with Gasteiger partial charge >= 0.3 is 0 Å². The number of aliphatic hydroxyl groups is 1. The summed E-state index contributed by atoms with van der Waals surface area (Å²) in [6.45, 7) is 3.58. The minimum Gasteiger partial charge on any atom is -0.396 e. The summed E-state index contributed by atoms with van der Waals surface area (Å²) in [6.07, 6.45) is 0.473. The third-order valence-electron chi connectivity index (χ3n) is 3.93. The van der Waals surface area contributed by atoms with Gasteiger partial charge in [0.15, 0.2) is 5.96 Å². The largest absolute Gasteiger partial charge is 0.396 e. The molecule has 0 aliphatic heterocycles. The number of hydrogen-bond acceptors (Lipinski definition) is 2. The molecule has 26 heavy (non-hydrogen) atoms. The molecule has 0 saturated carbocycles. The normalized spacial score (nSPS) is 12.7. The number of halogens is 2. The second-order valence-corrected chi connectivity index (χ2v) is 5.96. The van der Waals surface area contributed by atoms with Gasteiger partial charge in [-0.05, 0) is 36.6 Å². The molecule has 0 heterocycles. The van der Waals surface area contributed by atoms with Gasteiger partial charge in [0.25, 0.3) is 0 Å². The minimum absolute atomic E-state index is 0.00941. The van der Waals surface area contributed by atoms with Crippen LogP contribution in [0, 0.1) is 11.6 Å². The summed E-state index contributed by atoms with van der Waals surface area (Å²) in [7, 11) is 0. The van der Waals surface area contributed by atoms with Crippen molar-refractivity contribution in [1.82, 2.24) is 10.6 Å². The van der Waals surface area contributed by atoms with Crippen molar-refractivity contribution in [3.05, 3.63) is 71.3 Å². The molecule has 2 rings (SSSR count). The van der Waals surface area contributed by atoms with Crippen LogP contribution in [-0.2, 0) is 6.42 Å². The van der Waals surface area contributed by atoms with E-state index in [1.165, 1.54) is 12.1 Å². The van der Waals surface area contributed by atoms with Crippen LogP contribution in [0.2, 0.25) is 0 Å². The van der Waals surface area contributed by atoms with Crippen LogP contribution < -0.4 is 10.6 Å². The molecule has 140 valence electrons. The fourth-order valence-electron chi connectivity index (χ4n) is 2.62. The summed E-state index contributed by atoms with van der Waals surface area (Å²) < 4.78 is 26.4. The van der Waals surface area contributed by atoms with Crippen LogP contribution in [0.1, 0.15) is 24.0 Å². The van der Waals surface area contributed by atoms with Gasteiger partial charge in [-0.2, -0.15) is 0 Å². The summed E-state index contributed by atoms with van der Waals surface area (Å²) in [5.41, 5.74) is 1.62. The average Bonchev–Trinajstić information content (AvgIpc) is 2.62. The standard InChI is InChI=1S/C20H25F2N3O/c1-2-23-20(24-9-8-15-10-18(21)12-19(22)11-15)25-13-17(14-26)16-6-4-3-5-7-16/h3-7,10-12,17,26H,2,8-9,13-14H2,1H3,(H2,23,24,25). The maximum atomic E-state index is 13.2. The molecule has 0 saturated heterocycles. The molecule has 0 fully saturated rings. The molecule has 2 aromatic rings. The highest BCUT2D eigenvalue weighted by atomic mass is 19.1. The molecule has 1 atom stereocenters. The van der Waals surface area contributed by atoms with E-state index in [9.17, 15) is 13.9 Å². The van der Waals surface area contributed by atoms with Crippen molar-refractivity contribution < 1.29 is 13.9 Å². The first-order chi connectivity index (χ1) is 12.6. The summed E-state index contributed by atoms with van der Waals surface area (Å²) in [5, 5.41) is 15.9. The van der Waals surface area contributed by atoms with Crippen LogP contribution in [-0.4, -0.2) is 37.3 Å². The van der Waals surface area contributed by atoms with E-state index < -0.39 is 11.6 Å². The number of nitrogens with zero attached hydrogens (tertiary/aromatic N) is 1. The third kappa shape index (κ3) is 6.44. The lowest BCUT2D eigenvalue weighted by Gasteiger charge is -2.15. The second-order valence-electron chi connectivity index (χ2n) is 5.96. The Bertz CT molecular complexity index is 687. The summed E-state index contributed by atoms with van der Waals surface area (Å²) in [5.74, 6) is -0.619. The predicted octanol–water partition coefficient (Wildman–Crippen LogP) is 2.84. The van der Waals surface area contributed by atoms with Crippen molar-refractivity contribution in [2.24, 2.45) is 4.99 Å². The Morgan fingerprint density at radius 1 is 1.08 bits per heavy atom. The van der Waals surface area contributed by atoms with Crippen molar-refractivity contribution in [3.63, 3.8) is 0 Å². The van der Waals surface area contributed by atoms with E-state index in [1.54, 1.807) is 0 Å². The van der Waals surface area contributed by atoms with E-state index in [4.69, 9.17) is 0 Å². The molecule has 0 spiro atoms. The number of guanidine groups is 1. The molecule has 4 nitrogen and oxygen atoms in total. The highest BCUT2D eigenvalue weighted by Gasteiger charge is 2.10. The SMILES string of the molecule is CCNC(=NCC(CO)c1ccccc1)NCCc1cc(F)cc(F)c1. The van der Waals surface area contributed by atoms with E-state index in [1.807, 2.05) is 37.3 Å². The van der Waals surface area contributed by atoms with Crippen LogP contribution in [0.15, 0.2) is 53.5 Å². The monoisotopic (exact) mass is 361 g/mol. The van der Waals surface area contributed by atoms with Crippen LogP contribution >= 0.6 is 0 Å². The summed E-state index contributed by atoms with van der Waals surface area (Å²) in [6, 6.07) is 13.2. The lowest BCUT2D eigenvalue weighted by molar-refractivity contribution is 0.268. The molecule has 0 amide bonds. The Morgan fingerprint density at radius 2 is 1.77 bits per heavy atom. The van der Waals surface area contributed by atoms with Crippen LogP contribution in [0.25, 0.3) is 0 Å². The first-order valence-corrected chi connectivity index (χ1v) is 8.75. The number of rotatable bonds is 8. The fourth-order valence-corrected chi connectivity index (χ4v) is 2.62. The van der Waals surface area contributed by atoms with E-state index in [0.717, 1.165) is 11.6 Å². The molecular formula is C20H25F2N3O. The Morgan fingerprint density at radius 3 is 2.38 bits per heavy atom. The highest BCUT2D eigenvalue weighted by molar-refractivity contribution is 5.79. The van der Waals surface area contributed by atoms with E-state index in [2.05, 4.69) is 15.6 Å². The van der Waals surface area contributed by atoms with Gasteiger partial charge in [-0.25, -0.2) is 8.78 Å². The van der Waals surface area contributed by atoms with Crippen molar-refractivity contribution in [2.75, 3.05) is 26.2 Å². The molecule has 0 aliphatic rings. The van der Waals surface area contributed by atoms with E-state index >= 15 is 0 Å². The maximum absolute atomic E-state index is 13.2. The van der Waals surface area contributed by atoms with Crippen LogP contribution in [0.4, 0.5) is 8.78 Å². The fraction of sp³-hybridized carbons (Fsp3) is 0.350. The Labute approximate surface area is 153 Å². The highest BCUT2D eigenvalue weighted by Crippen LogP contribution is 2.15. The molecule has 6 heteroatoms. The number of hydrogen-bond donors (Lipinski definition) is 3. The van der Waals surface area contributed by atoms with Crippen molar-refractivity contribution in [3.8, 4) is 0 Å². The van der Waals surface area contributed by atoms with Crippen molar-refractivity contribution in [2.45, 2.75) is 19.3 Å². The molecule has 2 aromatic carbocycles. The molecule has 0 aromatic heterocycles. The summed E-state index contributed by atoms with van der Waals surface area (Å²) >= 11 is 0. The molecule has 3 N–H and O–H groups in total. The third-order valence-corrected chi connectivity index (χ3v) is 3.93. The van der Waals surface area contributed by atoms with E-state index in [-0.39, 0.29) is 12.5 Å². The van der Waals surface area contributed by atoms with Gasteiger partial charge in [-0.1, -0.05) is 30.3 Å². The quantitative estimate of drug-likeness (QED) is 0.501. The smallest absolute Gasteiger partial charge is 0.191 e. The number of aliphatic imine (C=N–C) groups is 1. The topological polar surface area (TPSA) is 56.7 Å². The molecule has 0 aliphatic carbocycles. The van der Waals surface area contributed by atoms with E-state index in [0.29, 0.717) is 37.6 Å². The van der Waals surface area contributed by atoms with Crippen LogP contribution in [0.3, 0.4) is 0 Å². The van der Waals surface area contributed by atoms with Crippen LogP contribution in [0.5, 0.6) is 0 Å². The molecule has 1 unspecified atom stereocenters. The van der Waals surface area contributed by atoms with Gasteiger partial charge in [0.1, 0.15) is 11.6 Å². The Hall–Kier alpha value is -2.47. The van der Waals surface area contributed by atoms with Crippen molar-refractivity contribution >= 4 is 5.96 Å². The van der Waals surface area contributed by atoms with Gasteiger partial charge < -0.3 is 15.7 Å². The van der Waals surface area contributed by atoms with Gasteiger partial charge in [0.05, 0.1) is 13.2 Å². The maximum Gasteiger partial charge on any atom is 0.191 e. The van der Waals surface area contributed by atoms with Gasteiger partial charge in [-0.15, -0.1) is 0 Å². The van der Waals surface area contributed by atoms with Gasteiger partial charge in [-0.3, -0.25) is 4.99 Å². The Kier molecular flexibility index (Phi) is 8.02. The molecular weight excluding hydrogens is 336 g/mol. The zero-order valence-corrected chi connectivity index (χ0v) is 14.9. The lowest BCUT2D eigenvalue weighted by atomic mass is 10.0. The lowest BCUT2D eigenvalue weighted by Crippen LogP contribution is -2.38. The second kappa shape index (κ2) is 10.5.